The molecular formula is C15H22N2O2. The molecule has 1 aromatic rings. The molecule has 2 N–H and O–H groups in total. The van der Waals surface area contributed by atoms with Crippen LogP contribution in [0, 0.1) is 0 Å². The van der Waals surface area contributed by atoms with E-state index in [1.165, 1.54) is 16.8 Å². The van der Waals surface area contributed by atoms with Gasteiger partial charge in [0.05, 0.1) is 19.8 Å². The molecule has 2 heterocycles. The van der Waals surface area contributed by atoms with Crippen LogP contribution in [0.1, 0.15) is 18.1 Å². The predicted molar refractivity (Wildman–Crippen MR) is 75.5 cm³/mol. The third kappa shape index (κ3) is 2.48. The Labute approximate surface area is 114 Å². The van der Waals surface area contributed by atoms with Crippen molar-refractivity contribution in [2.24, 2.45) is 0 Å². The van der Waals surface area contributed by atoms with Crippen molar-refractivity contribution >= 4 is 5.69 Å². The smallest absolute Gasteiger partial charge is 0.0668 e. The maximum Gasteiger partial charge on any atom is 0.0668 e. The number of nitrogens with zero attached hydrogens (tertiary/aromatic N) is 1. The van der Waals surface area contributed by atoms with Gasteiger partial charge in [0, 0.05) is 30.9 Å². The molecule has 2 aliphatic rings. The fourth-order valence-electron chi connectivity index (χ4n) is 3.08. The van der Waals surface area contributed by atoms with Gasteiger partial charge in [-0.1, -0.05) is 12.1 Å². The fraction of sp³-hybridized carbons (Fsp3) is 0.600. The van der Waals surface area contributed by atoms with E-state index in [-0.39, 0.29) is 12.6 Å². The first kappa shape index (κ1) is 12.9. The monoisotopic (exact) mass is 262 g/mol. The molecule has 4 heteroatoms. The van der Waals surface area contributed by atoms with Gasteiger partial charge in [0.2, 0.25) is 0 Å². The third-order valence-electron chi connectivity index (χ3n) is 4.18. The summed E-state index contributed by atoms with van der Waals surface area (Å²) in [6, 6.07) is 7.13. The second-order valence-electron chi connectivity index (χ2n) is 5.50. The predicted octanol–water partition coefficient (Wildman–Crippen LogP) is 0.918. The molecule has 0 saturated carbocycles. The number of nitrogens with one attached hydrogen (secondary N) is 1. The van der Waals surface area contributed by atoms with Gasteiger partial charge in [0.15, 0.2) is 0 Å². The zero-order chi connectivity index (χ0) is 13.2. The minimum absolute atomic E-state index is 0.185. The average molecular weight is 262 g/mol. The van der Waals surface area contributed by atoms with Crippen molar-refractivity contribution in [2.45, 2.75) is 32.0 Å². The zero-order valence-electron chi connectivity index (χ0n) is 11.4. The molecule has 1 aromatic carbocycles. The first-order valence-electron chi connectivity index (χ1n) is 7.09. The van der Waals surface area contributed by atoms with Gasteiger partial charge in [-0.25, -0.2) is 0 Å². The number of fused-ring (bicyclic) bond motifs is 1. The molecule has 19 heavy (non-hydrogen) atoms. The molecule has 0 unspecified atom stereocenters. The standard InChI is InChI=1S/C15H22N2O2/c1-11-10-19-6-5-17(11)15-4-2-3-12-8-16-13(9-18)7-14(12)15/h2-4,11,13,16,18H,5-10H2,1H3/t11-,13-/m1/s1. The van der Waals surface area contributed by atoms with Crippen LogP contribution in [0.15, 0.2) is 18.2 Å². The van der Waals surface area contributed by atoms with Crippen LogP contribution in [0.5, 0.6) is 0 Å². The minimum atomic E-state index is 0.185. The molecule has 0 aromatic heterocycles. The van der Waals surface area contributed by atoms with Crippen molar-refractivity contribution in [1.82, 2.24) is 5.32 Å². The van der Waals surface area contributed by atoms with E-state index in [9.17, 15) is 5.11 Å². The van der Waals surface area contributed by atoms with Crippen molar-refractivity contribution in [3.63, 3.8) is 0 Å². The van der Waals surface area contributed by atoms with Gasteiger partial charge in [-0.05, 0) is 30.5 Å². The molecule has 104 valence electrons. The molecule has 4 nitrogen and oxygen atoms in total. The van der Waals surface area contributed by atoms with Gasteiger partial charge >= 0.3 is 0 Å². The molecule has 2 atom stereocenters. The van der Waals surface area contributed by atoms with Crippen molar-refractivity contribution < 1.29 is 9.84 Å². The number of anilines is 1. The molecule has 3 rings (SSSR count). The lowest BCUT2D eigenvalue weighted by Gasteiger charge is -2.38. The topological polar surface area (TPSA) is 44.7 Å². The van der Waals surface area contributed by atoms with Crippen molar-refractivity contribution in [2.75, 3.05) is 31.3 Å². The summed E-state index contributed by atoms with van der Waals surface area (Å²) in [7, 11) is 0. The first-order valence-corrected chi connectivity index (χ1v) is 7.09. The lowest BCUT2D eigenvalue weighted by atomic mass is 9.93. The molecule has 0 radical (unpaired) electrons. The fourth-order valence-corrected chi connectivity index (χ4v) is 3.08. The average Bonchev–Trinajstić information content (AvgIpc) is 2.47. The van der Waals surface area contributed by atoms with Gasteiger partial charge in [-0.15, -0.1) is 0 Å². The van der Waals surface area contributed by atoms with Crippen LogP contribution in [-0.2, 0) is 17.7 Å². The zero-order valence-corrected chi connectivity index (χ0v) is 11.4. The Kier molecular flexibility index (Phi) is 3.73. The highest BCUT2D eigenvalue weighted by Crippen LogP contribution is 2.30. The van der Waals surface area contributed by atoms with E-state index >= 15 is 0 Å². The van der Waals surface area contributed by atoms with Gasteiger partial charge in [-0.2, -0.15) is 0 Å². The molecule has 0 bridgehead atoms. The van der Waals surface area contributed by atoms with Crippen LogP contribution in [0.2, 0.25) is 0 Å². The Morgan fingerprint density at radius 2 is 2.37 bits per heavy atom. The molecule has 1 saturated heterocycles. The van der Waals surface area contributed by atoms with E-state index in [2.05, 4.69) is 35.3 Å². The van der Waals surface area contributed by atoms with E-state index in [4.69, 9.17) is 4.74 Å². The molecular weight excluding hydrogens is 240 g/mol. The summed E-state index contributed by atoms with van der Waals surface area (Å²) in [6.07, 6.45) is 0.909. The van der Waals surface area contributed by atoms with Gasteiger partial charge < -0.3 is 20.1 Å². The summed E-state index contributed by atoms with van der Waals surface area (Å²) in [5.74, 6) is 0. The Hall–Kier alpha value is -1.10. The van der Waals surface area contributed by atoms with Crippen LogP contribution in [0.4, 0.5) is 5.69 Å². The van der Waals surface area contributed by atoms with Crippen LogP contribution in [0.3, 0.4) is 0 Å². The van der Waals surface area contributed by atoms with E-state index < -0.39 is 0 Å². The van der Waals surface area contributed by atoms with Crippen molar-refractivity contribution in [3.8, 4) is 0 Å². The molecule has 0 aliphatic carbocycles. The summed E-state index contributed by atoms with van der Waals surface area (Å²) < 4.78 is 5.53. The Morgan fingerprint density at radius 3 is 3.16 bits per heavy atom. The summed E-state index contributed by atoms with van der Waals surface area (Å²) in [5.41, 5.74) is 4.09. The third-order valence-corrected chi connectivity index (χ3v) is 4.18. The van der Waals surface area contributed by atoms with Gasteiger partial charge in [0.1, 0.15) is 0 Å². The number of aliphatic hydroxyl groups excluding tert-OH is 1. The largest absolute Gasteiger partial charge is 0.395 e. The second kappa shape index (κ2) is 5.49. The minimum Gasteiger partial charge on any atom is -0.395 e. The summed E-state index contributed by atoms with van der Waals surface area (Å²) in [6.45, 7) is 5.82. The van der Waals surface area contributed by atoms with Gasteiger partial charge in [-0.3, -0.25) is 0 Å². The van der Waals surface area contributed by atoms with E-state index in [1.807, 2.05) is 0 Å². The van der Waals surface area contributed by atoms with E-state index in [1.54, 1.807) is 0 Å². The Bertz CT molecular complexity index is 450. The van der Waals surface area contributed by atoms with Crippen molar-refractivity contribution in [3.05, 3.63) is 29.3 Å². The number of morpholine rings is 1. The summed E-state index contributed by atoms with van der Waals surface area (Å²) in [5, 5.41) is 12.7. The molecule has 1 fully saturated rings. The lowest BCUT2D eigenvalue weighted by Crippen LogP contribution is -2.45. The molecule has 0 spiro atoms. The number of ether oxygens (including phenoxy) is 1. The summed E-state index contributed by atoms with van der Waals surface area (Å²) >= 11 is 0. The number of hydrogen-bond donors (Lipinski definition) is 2. The normalized spacial score (nSPS) is 27.2. The maximum atomic E-state index is 9.37. The van der Waals surface area contributed by atoms with Crippen LogP contribution in [-0.4, -0.2) is 43.6 Å². The highest BCUT2D eigenvalue weighted by Gasteiger charge is 2.25. The van der Waals surface area contributed by atoms with E-state index in [0.29, 0.717) is 6.04 Å². The number of benzene rings is 1. The number of rotatable bonds is 2. The SMILES string of the molecule is C[C@@H]1COCCN1c1cccc2c1C[C@H](CO)NC2. The second-order valence-corrected chi connectivity index (χ2v) is 5.50. The Balaban J connectivity index is 1.93. The van der Waals surface area contributed by atoms with E-state index in [0.717, 1.165) is 32.7 Å². The number of aliphatic hydroxyl groups is 1. The lowest BCUT2D eigenvalue weighted by molar-refractivity contribution is 0.0988. The maximum absolute atomic E-state index is 9.37. The quantitative estimate of drug-likeness (QED) is 0.832. The van der Waals surface area contributed by atoms with Crippen LogP contribution < -0.4 is 10.2 Å². The number of hydrogen-bond acceptors (Lipinski definition) is 4. The highest BCUT2D eigenvalue weighted by atomic mass is 16.5. The van der Waals surface area contributed by atoms with Gasteiger partial charge in [0.25, 0.3) is 0 Å². The molecule has 0 amide bonds. The Morgan fingerprint density at radius 1 is 1.47 bits per heavy atom. The molecule has 2 aliphatic heterocycles. The first-order chi connectivity index (χ1) is 9.29. The van der Waals surface area contributed by atoms with Crippen molar-refractivity contribution in [1.29, 1.82) is 0 Å². The van der Waals surface area contributed by atoms with Crippen LogP contribution >= 0.6 is 0 Å². The summed E-state index contributed by atoms with van der Waals surface area (Å²) in [4.78, 5) is 2.45. The van der Waals surface area contributed by atoms with Crippen LogP contribution in [0.25, 0.3) is 0 Å². The highest BCUT2D eigenvalue weighted by molar-refractivity contribution is 5.58.